The van der Waals surface area contributed by atoms with Gasteiger partial charge in [0.15, 0.2) is 0 Å². The minimum atomic E-state index is 0.831. The maximum atomic E-state index is 5.42. The van der Waals surface area contributed by atoms with E-state index < -0.39 is 0 Å². The summed E-state index contributed by atoms with van der Waals surface area (Å²) in [7, 11) is 0. The molecule has 55 heavy (non-hydrogen) atoms. The van der Waals surface area contributed by atoms with E-state index in [-0.39, 0.29) is 0 Å². The molecule has 4 aromatic carbocycles. The van der Waals surface area contributed by atoms with E-state index in [2.05, 4.69) is 203 Å². The maximum absolute atomic E-state index is 5.42. The van der Waals surface area contributed by atoms with Gasteiger partial charge in [-0.05, 0) is 138 Å². The number of aromatic nitrogens is 4. The zero-order chi connectivity index (χ0) is 38.0. The summed E-state index contributed by atoms with van der Waals surface area (Å²) < 4.78 is 5.73. The first-order valence-corrected chi connectivity index (χ1v) is 22.1. The third kappa shape index (κ3) is 7.49. The van der Waals surface area contributed by atoms with Crippen molar-refractivity contribution in [3.05, 3.63) is 153 Å². The molecule has 0 saturated carbocycles. The number of thiol groups is 1. The van der Waals surface area contributed by atoms with E-state index in [1.807, 2.05) is 30.3 Å². The van der Waals surface area contributed by atoms with Gasteiger partial charge in [-0.3, -0.25) is 0 Å². The van der Waals surface area contributed by atoms with Gasteiger partial charge in [-0.15, -0.1) is 12.6 Å². The van der Waals surface area contributed by atoms with Crippen LogP contribution in [0.25, 0.3) is 90.9 Å². The van der Waals surface area contributed by atoms with E-state index in [9.17, 15) is 0 Å². The van der Waals surface area contributed by atoms with E-state index in [1.165, 1.54) is 0 Å². The van der Waals surface area contributed by atoms with E-state index in [4.69, 9.17) is 22.6 Å². The fourth-order valence-corrected chi connectivity index (χ4v) is 11.3. The van der Waals surface area contributed by atoms with Crippen LogP contribution in [0.5, 0.6) is 0 Å². The topological polar surface area (TPSA) is 57.4 Å². The molecule has 5 heterocycles. The molecule has 0 spiro atoms. The highest BCUT2D eigenvalue weighted by Crippen LogP contribution is 2.41. The molecule has 0 amide bonds. The number of nitrogens with one attached hydrogen (secondary N) is 2. The number of nitrogens with zero attached hydrogens (tertiary/aromatic N) is 2. The van der Waals surface area contributed by atoms with E-state index in [1.54, 1.807) is 0 Å². The van der Waals surface area contributed by atoms with Crippen molar-refractivity contribution in [2.75, 3.05) is 0 Å². The fraction of sp³-hybridized carbons (Fsp3) is 0. The highest BCUT2D eigenvalue weighted by molar-refractivity contribution is 9.11. The van der Waals surface area contributed by atoms with Crippen molar-refractivity contribution in [2.24, 2.45) is 0 Å². The standard InChI is InChI=1S/C44H24Br6N4S/c45-26-12-23(13-27(46)19-26)42-35-6-4-33(51-35)41(22-2-1-3-32(55)18-22)34-5-7-36(52-34)43(24-14-28(47)20-29(48)15-24)38-9-11-40(54-38)44(39-10-8-37(42)53-39)25-16-30(49)21-31(50)17-25/h1-21,51,54-55H. The molecule has 0 unspecified atom stereocenters. The molecule has 268 valence electrons. The van der Waals surface area contributed by atoms with Crippen LogP contribution in [0.3, 0.4) is 0 Å². The first-order chi connectivity index (χ1) is 26.6. The van der Waals surface area contributed by atoms with Crippen LogP contribution >= 0.6 is 108 Å². The first-order valence-electron chi connectivity index (χ1n) is 16.9. The van der Waals surface area contributed by atoms with Crippen LogP contribution in [0, 0.1) is 0 Å². The highest BCUT2D eigenvalue weighted by atomic mass is 79.9. The van der Waals surface area contributed by atoms with Gasteiger partial charge in [0.25, 0.3) is 0 Å². The lowest BCUT2D eigenvalue weighted by molar-refractivity contribution is 1.31. The fourth-order valence-electron chi connectivity index (χ4n) is 7.18. The van der Waals surface area contributed by atoms with E-state index in [0.717, 1.165) is 121 Å². The predicted octanol–water partition coefficient (Wildman–Crippen LogP) is 16.2. The molecular formula is C44H24Br6N4S. The van der Waals surface area contributed by atoms with E-state index in [0.29, 0.717) is 0 Å². The van der Waals surface area contributed by atoms with Gasteiger partial charge < -0.3 is 9.97 Å². The second kappa shape index (κ2) is 15.2. The quantitative estimate of drug-likeness (QED) is 0.154. The number of H-pyrrole nitrogens is 2. The average molecular weight is 1120 g/mol. The third-order valence-corrected chi connectivity index (χ3v) is 12.4. The number of hydrogen-bond acceptors (Lipinski definition) is 3. The SMILES string of the molecule is Sc1cccc(-c2c3nc(c(-c4cc(Br)cc(Br)c4)c4ccc([nH]4)c(-c4cc(Br)cc(Br)c4)c4nc(c(-c5cc(Br)cc(Br)c5)c5ccc2[nH]5)C=C4)C=C3)c1. The number of fused-ring (bicyclic) bond motifs is 8. The summed E-state index contributed by atoms with van der Waals surface area (Å²) in [6.07, 6.45) is 8.41. The van der Waals surface area contributed by atoms with Crippen LogP contribution in [0.15, 0.2) is 135 Å². The molecule has 8 bridgehead atoms. The summed E-state index contributed by atoms with van der Waals surface area (Å²) in [6.45, 7) is 0. The number of rotatable bonds is 4. The Bertz CT molecular complexity index is 2870. The number of benzene rings is 4. The van der Waals surface area contributed by atoms with Crippen LogP contribution in [0.2, 0.25) is 0 Å². The summed E-state index contributed by atoms with van der Waals surface area (Å²) in [4.78, 5) is 19.3. The summed E-state index contributed by atoms with van der Waals surface area (Å²) in [5.41, 5.74) is 14.9. The lowest BCUT2D eigenvalue weighted by Crippen LogP contribution is -1.90. The largest absolute Gasteiger partial charge is 0.354 e. The van der Waals surface area contributed by atoms with Gasteiger partial charge in [0.05, 0.1) is 22.8 Å². The molecular weight excluding hydrogens is 1100 g/mol. The van der Waals surface area contributed by atoms with E-state index >= 15 is 0 Å². The van der Waals surface area contributed by atoms with Gasteiger partial charge in [-0.25, -0.2) is 9.97 Å². The molecule has 3 aromatic heterocycles. The molecule has 0 atom stereocenters. The molecule has 0 fully saturated rings. The number of hydrogen-bond donors (Lipinski definition) is 3. The Balaban J connectivity index is 1.50. The smallest absolute Gasteiger partial charge is 0.0737 e. The van der Waals surface area contributed by atoms with Crippen LogP contribution in [0.1, 0.15) is 22.8 Å². The normalized spacial score (nSPS) is 12.1. The Morgan fingerprint density at radius 2 is 0.673 bits per heavy atom. The van der Waals surface area contributed by atoms with Crippen molar-refractivity contribution in [2.45, 2.75) is 4.90 Å². The van der Waals surface area contributed by atoms with Gasteiger partial charge in [0.1, 0.15) is 0 Å². The molecule has 2 N–H and O–H groups in total. The lowest BCUT2D eigenvalue weighted by Gasteiger charge is -2.08. The Kier molecular flexibility index (Phi) is 10.3. The molecule has 2 aliphatic rings. The third-order valence-electron chi connectivity index (χ3n) is 9.34. The first kappa shape index (κ1) is 37.3. The summed E-state index contributed by atoms with van der Waals surface area (Å²) in [6, 6.07) is 35.6. The van der Waals surface area contributed by atoms with Crippen molar-refractivity contribution in [1.82, 2.24) is 19.9 Å². The Labute approximate surface area is 372 Å². The summed E-state index contributed by atoms with van der Waals surface area (Å²) in [5.74, 6) is 0. The molecule has 0 aliphatic carbocycles. The Morgan fingerprint density at radius 3 is 0.982 bits per heavy atom. The van der Waals surface area contributed by atoms with Crippen LogP contribution in [0.4, 0.5) is 0 Å². The minimum Gasteiger partial charge on any atom is -0.354 e. The zero-order valence-electron chi connectivity index (χ0n) is 28.2. The molecule has 11 heteroatoms. The lowest BCUT2D eigenvalue weighted by atomic mass is 10.0. The average Bonchev–Trinajstić information content (AvgIpc) is 3.95. The minimum absolute atomic E-state index is 0.831. The molecule has 9 rings (SSSR count). The number of aromatic amines is 2. The van der Waals surface area contributed by atoms with Gasteiger partial charge >= 0.3 is 0 Å². The second-order valence-electron chi connectivity index (χ2n) is 13.0. The van der Waals surface area contributed by atoms with Crippen LogP contribution < -0.4 is 0 Å². The molecule has 0 radical (unpaired) electrons. The van der Waals surface area contributed by atoms with Crippen LogP contribution in [-0.4, -0.2) is 19.9 Å². The maximum Gasteiger partial charge on any atom is 0.0737 e. The van der Waals surface area contributed by atoms with Gasteiger partial charge in [-0.2, -0.15) is 0 Å². The number of halogens is 6. The van der Waals surface area contributed by atoms with Crippen molar-refractivity contribution in [1.29, 1.82) is 0 Å². The van der Waals surface area contributed by atoms with Crippen LogP contribution in [-0.2, 0) is 0 Å². The van der Waals surface area contributed by atoms with Gasteiger partial charge in [0, 0.05) is 76.1 Å². The molecule has 7 aromatic rings. The van der Waals surface area contributed by atoms with Crippen molar-refractivity contribution >= 4 is 155 Å². The second-order valence-corrected chi connectivity index (χ2v) is 19.0. The monoisotopic (exact) mass is 1110 g/mol. The van der Waals surface area contributed by atoms with Crippen molar-refractivity contribution in [3.8, 4) is 44.5 Å². The van der Waals surface area contributed by atoms with Gasteiger partial charge in [-0.1, -0.05) is 108 Å². The van der Waals surface area contributed by atoms with Gasteiger partial charge in [0.2, 0.25) is 0 Å². The zero-order valence-corrected chi connectivity index (χ0v) is 38.6. The summed E-state index contributed by atoms with van der Waals surface area (Å²) >= 11 is 27.2. The summed E-state index contributed by atoms with van der Waals surface area (Å²) in [5, 5.41) is 0. The van der Waals surface area contributed by atoms with Crippen molar-refractivity contribution in [3.63, 3.8) is 0 Å². The van der Waals surface area contributed by atoms with Crippen molar-refractivity contribution < 1.29 is 0 Å². The highest BCUT2D eigenvalue weighted by Gasteiger charge is 2.20. The molecule has 4 nitrogen and oxygen atoms in total. The Morgan fingerprint density at radius 1 is 0.364 bits per heavy atom. The Hall–Kier alpha value is -3.29. The molecule has 2 aliphatic heterocycles. The molecule has 0 saturated heterocycles. The predicted molar refractivity (Wildman–Crippen MR) is 254 cm³/mol.